The van der Waals surface area contributed by atoms with Crippen molar-refractivity contribution in [2.75, 3.05) is 12.3 Å². The van der Waals surface area contributed by atoms with E-state index < -0.39 is 17.1 Å². The first-order valence-electron chi connectivity index (χ1n) is 5.97. The van der Waals surface area contributed by atoms with Crippen LogP contribution in [0.3, 0.4) is 0 Å². The van der Waals surface area contributed by atoms with Gasteiger partial charge in [0.05, 0.1) is 11.0 Å². The largest absolute Gasteiger partial charge is 0.393 e. The highest BCUT2D eigenvalue weighted by Gasteiger charge is 2.21. The second kappa shape index (κ2) is 6.83. The van der Waals surface area contributed by atoms with Gasteiger partial charge in [-0.25, -0.2) is 0 Å². The highest BCUT2D eigenvalue weighted by atomic mass is 16.6. The molecule has 0 spiro atoms. The van der Waals surface area contributed by atoms with E-state index in [2.05, 4.69) is 5.32 Å². The van der Waals surface area contributed by atoms with Crippen molar-refractivity contribution in [2.45, 2.75) is 25.6 Å². The number of hydrogen-bond donors (Lipinski definition) is 4. The van der Waals surface area contributed by atoms with Gasteiger partial charge in [0.25, 0.3) is 5.69 Å². The molecule has 8 nitrogen and oxygen atoms in total. The van der Waals surface area contributed by atoms with E-state index >= 15 is 0 Å². The molecule has 0 bridgehead atoms. The number of amides is 1. The minimum Gasteiger partial charge on any atom is -0.393 e. The molecule has 0 saturated carbocycles. The minimum atomic E-state index is -1.29. The van der Waals surface area contributed by atoms with Crippen molar-refractivity contribution in [3.8, 4) is 0 Å². The van der Waals surface area contributed by atoms with Crippen LogP contribution in [0, 0.1) is 10.1 Å². The van der Waals surface area contributed by atoms with Crippen LogP contribution < -0.4 is 11.1 Å². The van der Waals surface area contributed by atoms with E-state index in [0.717, 1.165) is 6.07 Å². The zero-order valence-electron chi connectivity index (χ0n) is 10.9. The third-order valence-corrected chi connectivity index (χ3v) is 2.77. The SMILES string of the molecule is CC(=O)NCCC(O)C(O)c1ccc(N)c([N+](=O)[O-])c1. The molecule has 2 unspecified atom stereocenters. The van der Waals surface area contributed by atoms with E-state index in [1.54, 1.807) is 0 Å². The zero-order valence-corrected chi connectivity index (χ0v) is 10.9. The fraction of sp³-hybridized carbons (Fsp3) is 0.417. The summed E-state index contributed by atoms with van der Waals surface area (Å²) in [7, 11) is 0. The van der Waals surface area contributed by atoms with E-state index in [1.165, 1.54) is 19.1 Å². The molecular weight excluding hydrogens is 266 g/mol. The molecule has 2 atom stereocenters. The molecule has 0 heterocycles. The summed E-state index contributed by atoms with van der Waals surface area (Å²) in [6.45, 7) is 1.54. The van der Waals surface area contributed by atoms with E-state index in [-0.39, 0.29) is 35.8 Å². The quantitative estimate of drug-likeness (QED) is 0.331. The molecule has 0 aliphatic heterocycles. The number of nitrogens with one attached hydrogen (secondary N) is 1. The minimum absolute atomic E-state index is 0.0151. The number of nitrogen functional groups attached to an aromatic ring is 1. The summed E-state index contributed by atoms with van der Waals surface area (Å²) in [5, 5.41) is 32.9. The number of aliphatic hydroxyl groups is 2. The van der Waals surface area contributed by atoms with Crippen LogP contribution in [0.5, 0.6) is 0 Å². The van der Waals surface area contributed by atoms with Crippen molar-refractivity contribution in [3.05, 3.63) is 33.9 Å². The number of benzene rings is 1. The van der Waals surface area contributed by atoms with Crippen molar-refractivity contribution < 1.29 is 19.9 Å². The Kier molecular flexibility index (Phi) is 5.42. The Balaban J connectivity index is 2.76. The number of carbonyl (C=O) groups is 1. The van der Waals surface area contributed by atoms with E-state index in [9.17, 15) is 25.1 Å². The highest BCUT2D eigenvalue weighted by molar-refractivity contribution is 5.72. The third kappa shape index (κ3) is 4.18. The molecule has 8 heteroatoms. The molecule has 1 aromatic rings. The number of nitro groups is 1. The average Bonchev–Trinajstić information content (AvgIpc) is 2.37. The molecule has 5 N–H and O–H groups in total. The first-order chi connectivity index (χ1) is 9.32. The van der Waals surface area contributed by atoms with E-state index in [1.807, 2.05) is 0 Å². The number of nitrogens with zero attached hydrogens (tertiary/aromatic N) is 1. The van der Waals surface area contributed by atoms with Gasteiger partial charge in [-0.15, -0.1) is 0 Å². The topological polar surface area (TPSA) is 139 Å². The van der Waals surface area contributed by atoms with Gasteiger partial charge in [-0.1, -0.05) is 6.07 Å². The Morgan fingerprint density at radius 1 is 1.50 bits per heavy atom. The van der Waals surface area contributed by atoms with Crippen LogP contribution in [-0.2, 0) is 4.79 Å². The lowest BCUT2D eigenvalue weighted by Crippen LogP contribution is -2.27. The van der Waals surface area contributed by atoms with Gasteiger partial charge >= 0.3 is 0 Å². The second-order valence-electron chi connectivity index (χ2n) is 4.36. The molecular formula is C12H17N3O5. The molecule has 0 aliphatic rings. The normalized spacial score (nSPS) is 13.6. The van der Waals surface area contributed by atoms with Gasteiger partial charge in [0.1, 0.15) is 11.8 Å². The van der Waals surface area contributed by atoms with Crippen LogP contribution in [0.4, 0.5) is 11.4 Å². The summed E-state index contributed by atoms with van der Waals surface area (Å²) < 4.78 is 0. The number of aliphatic hydroxyl groups excluding tert-OH is 2. The standard InChI is InChI=1S/C12H17N3O5/c1-7(16)14-5-4-11(17)12(18)8-2-3-9(13)10(6-8)15(19)20/h2-3,6,11-12,17-18H,4-5,13H2,1H3,(H,14,16). The van der Waals surface area contributed by atoms with Gasteiger partial charge < -0.3 is 21.3 Å². The van der Waals surface area contributed by atoms with Crippen LogP contribution in [0.25, 0.3) is 0 Å². The maximum absolute atomic E-state index is 10.7. The van der Waals surface area contributed by atoms with Gasteiger partial charge in [-0.3, -0.25) is 14.9 Å². The van der Waals surface area contributed by atoms with E-state index in [0.29, 0.717) is 0 Å². The zero-order chi connectivity index (χ0) is 15.3. The molecule has 0 saturated heterocycles. The number of nitro benzene ring substituents is 1. The smallest absolute Gasteiger partial charge is 0.292 e. The van der Waals surface area contributed by atoms with Crippen molar-refractivity contribution in [3.63, 3.8) is 0 Å². The van der Waals surface area contributed by atoms with Crippen molar-refractivity contribution in [2.24, 2.45) is 0 Å². The Labute approximate surface area is 115 Å². The molecule has 20 heavy (non-hydrogen) atoms. The molecule has 0 fully saturated rings. The van der Waals surface area contributed by atoms with Crippen LogP contribution in [0.1, 0.15) is 25.0 Å². The number of hydrogen-bond acceptors (Lipinski definition) is 6. The van der Waals surface area contributed by atoms with Crippen molar-refractivity contribution >= 4 is 17.3 Å². The van der Waals surface area contributed by atoms with Crippen LogP contribution in [0.2, 0.25) is 0 Å². The van der Waals surface area contributed by atoms with Crippen LogP contribution in [-0.4, -0.2) is 33.7 Å². The number of anilines is 1. The Bertz CT molecular complexity index is 506. The molecule has 0 radical (unpaired) electrons. The number of carbonyl (C=O) groups excluding carboxylic acids is 1. The van der Waals surface area contributed by atoms with Gasteiger partial charge in [0, 0.05) is 19.5 Å². The van der Waals surface area contributed by atoms with E-state index in [4.69, 9.17) is 5.73 Å². The summed E-state index contributed by atoms with van der Waals surface area (Å²) in [5.41, 5.74) is 5.30. The second-order valence-corrected chi connectivity index (χ2v) is 4.36. The molecule has 1 rings (SSSR count). The third-order valence-electron chi connectivity index (χ3n) is 2.77. The highest BCUT2D eigenvalue weighted by Crippen LogP contribution is 2.27. The Morgan fingerprint density at radius 2 is 2.15 bits per heavy atom. The lowest BCUT2D eigenvalue weighted by molar-refractivity contribution is -0.384. The molecule has 1 amide bonds. The first-order valence-corrected chi connectivity index (χ1v) is 5.97. The summed E-state index contributed by atoms with van der Waals surface area (Å²) in [5.74, 6) is -0.241. The lowest BCUT2D eigenvalue weighted by atomic mass is 10.0. The molecule has 0 aliphatic carbocycles. The summed E-state index contributed by atoms with van der Waals surface area (Å²) in [4.78, 5) is 20.8. The molecule has 1 aromatic carbocycles. The van der Waals surface area contributed by atoms with Crippen molar-refractivity contribution in [1.82, 2.24) is 5.32 Å². The Morgan fingerprint density at radius 3 is 2.70 bits per heavy atom. The molecule has 0 aromatic heterocycles. The summed E-state index contributed by atoms with van der Waals surface area (Å²) in [6, 6.07) is 3.84. The summed E-state index contributed by atoms with van der Waals surface area (Å²) >= 11 is 0. The monoisotopic (exact) mass is 283 g/mol. The fourth-order valence-corrected chi connectivity index (χ4v) is 1.68. The predicted octanol–water partition coefficient (Wildman–Crippen LogP) is 0.0975. The first kappa shape index (κ1) is 15.9. The number of rotatable bonds is 6. The lowest BCUT2D eigenvalue weighted by Gasteiger charge is -2.18. The fourth-order valence-electron chi connectivity index (χ4n) is 1.68. The molecule has 110 valence electrons. The maximum Gasteiger partial charge on any atom is 0.292 e. The maximum atomic E-state index is 10.7. The summed E-state index contributed by atoms with van der Waals surface area (Å²) in [6.07, 6.45) is -2.31. The van der Waals surface area contributed by atoms with Gasteiger partial charge in [-0.05, 0) is 18.1 Å². The Hall–Kier alpha value is -2.19. The van der Waals surface area contributed by atoms with Gasteiger partial charge in [-0.2, -0.15) is 0 Å². The predicted molar refractivity (Wildman–Crippen MR) is 71.8 cm³/mol. The average molecular weight is 283 g/mol. The van der Waals surface area contributed by atoms with Gasteiger partial charge in [0.15, 0.2) is 0 Å². The van der Waals surface area contributed by atoms with Crippen LogP contribution >= 0.6 is 0 Å². The van der Waals surface area contributed by atoms with Crippen molar-refractivity contribution in [1.29, 1.82) is 0 Å². The number of nitrogens with two attached hydrogens (primary N) is 1. The van der Waals surface area contributed by atoms with Gasteiger partial charge in [0.2, 0.25) is 5.91 Å². The van der Waals surface area contributed by atoms with Crippen LogP contribution in [0.15, 0.2) is 18.2 Å².